The van der Waals surface area contributed by atoms with Crippen molar-refractivity contribution < 1.29 is 28.3 Å². The smallest absolute Gasteiger partial charge is 0.264 e. The monoisotopic (exact) mass is 534 g/mol. The minimum Gasteiger partial charge on any atom is -0.372 e. The number of nitrogens with zero attached hydrogens (tertiary/aromatic N) is 2. The second kappa shape index (κ2) is 9.12. The van der Waals surface area contributed by atoms with Crippen molar-refractivity contribution >= 4 is 17.7 Å². The molecule has 0 aromatic heterocycles. The maximum Gasteiger partial charge on any atom is 0.264 e. The molecule has 0 radical (unpaired) electrons. The van der Waals surface area contributed by atoms with Crippen LogP contribution in [0.1, 0.15) is 36.8 Å². The Morgan fingerprint density at radius 1 is 1.13 bits per heavy atom. The number of rotatable bonds is 5. The number of hydrogen-bond donors (Lipinski definition) is 3. The molecule has 5 atom stereocenters. The molecule has 3 fully saturated rings. The lowest BCUT2D eigenvalue weighted by molar-refractivity contribution is -0.153. The standard InChI is InChI=1S/C29H28F2N4O4/c30-28(31)11-9-20-23(28)15-35(24(20)26(37)34-17(14-32)13-16-10-12-33-25(16)36)27(38)29(39)21-7-3-1-5-18(21)19-6-2-4-8-22(19)29/h1-8,16-17,20,23-24,39H,9-13,15H2,(H,33,36)(H,34,37)/t16-,17+,20+,23+,24+/m1/s1. The minimum atomic E-state index is -3.07. The van der Waals surface area contributed by atoms with E-state index >= 15 is 0 Å². The summed E-state index contributed by atoms with van der Waals surface area (Å²) in [6, 6.07) is 13.5. The number of fused-ring (bicyclic) bond motifs is 4. The number of nitrogens with one attached hydrogen (secondary N) is 2. The van der Waals surface area contributed by atoms with Crippen LogP contribution in [0.2, 0.25) is 0 Å². The van der Waals surface area contributed by atoms with Crippen LogP contribution in [0, 0.1) is 29.1 Å². The first kappa shape index (κ1) is 25.4. The van der Waals surface area contributed by atoms with Crippen molar-refractivity contribution in [3.63, 3.8) is 0 Å². The average molecular weight is 535 g/mol. The molecule has 10 heteroatoms. The van der Waals surface area contributed by atoms with Crippen molar-refractivity contribution in [2.24, 2.45) is 17.8 Å². The third kappa shape index (κ3) is 3.82. The molecule has 3 amide bonds. The molecule has 2 aliphatic heterocycles. The molecule has 2 aliphatic carbocycles. The topological polar surface area (TPSA) is 123 Å². The number of halogens is 2. The molecule has 2 saturated heterocycles. The maximum absolute atomic E-state index is 14.9. The minimum absolute atomic E-state index is 0.0351. The number of carbonyl (C=O) groups is 3. The molecular weight excluding hydrogens is 506 g/mol. The first-order valence-corrected chi connectivity index (χ1v) is 13.2. The van der Waals surface area contributed by atoms with Crippen LogP contribution in [-0.4, -0.2) is 58.8 Å². The van der Waals surface area contributed by atoms with Gasteiger partial charge in [-0.15, -0.1) is 0 Å². The lowest BCUT2D eigenvalue weighted by Crippen LogP contribution is -2.55. The van der Waals surface area contributed by atoms with E-state index in [1.807, 2.05) is 6.07 Å². The molecule has 2 aromatic rings. The summed E-state index contributed by atoms with van der Waals surface area (Å²) in [6.07, 6.45) is 0.259. The number of benzene rings is 2. The van der Waals surface area contributed by atoms with E-state index in [1.54, 1.807) is 48.5 Å². The lowest BCUT2D eigenvalue weighted by Gasteiger charge is -2.34. The molecule has 8 nitrogen and oxygen atoms in total. The fraction of sp³-hybridized carbons (Fsp3) is 0.448. The Bertz CT molecular complexity index is 1360. The highest BCUT2D eigenvalue weighted by molar-refractivity contribution is 6.01. The van der Waals surface area contributed by atoms with Gasteiger partial charge in [-0.05, 0) is 36.3 Å². The van der Waals surface area contributed by atoms with E-state index in [4.69, 9.17) is 0 Å². The van der Waals surface area contributed by atoms with Crippen LogP contribution >= 0.6 is 0 Å². The van der Waals surface area contributed by atoms with E-state index in [0.29, 0.717) is 35.2 Å². The Balaban J connectivity index is 1.35. The van der Waals surface area contributed by atoms with Crippen LogP contribution in [-0.2, 0) is 20.0 Å². The summed E-state index contributed by atoms with van der Waals surface area (Å²) in [7, 11) is 0. The van der Waals surface area contributed by atoms with Crippen molar-refractivity contribution in [3.05, 3.63) is 59.7 Å². The Kier molecular flexibility index (Phi) is 5.95. The SMILES string of the molecule is N#C[C@H](C[C@H]1CCNC1=O)NC(=O)[C@@H]1[C@H]2CCC(F)(F)[C@H]2CN1C(=O)C1(O)c2ccccc2-c2ccccc21. The molecule has 0 unspecified atom stereocenters. The molecule has 1 saturated carbocycles. The van der Waals surface area contributed by atoms with Crippen molar-refractivity contribution in [1.82, 2.24) is 15.5 Å². The molecule has 202 valence electrons. The quantitative estimate of drug-likeness (QED) is 0.544. The number of amides is 3. The zero-order chi connectivity index (χ0) is 27.5. The summed E-state index contributed by atoms with van der Waals surface area (Å²) < 4.78 is 29.9. The van der Waals surface area contributed by atoms with Gasteiger partial charge >= 0.3 is 0 Å². The van der Waals surface area contributed by atoms with Gasteiger partial charge in [0, 0.05) is 42.5 Å². The predicted molar refractivity (Wildman–Crippen MR) is 135 cm³/mol. The Labute approximate surface area is 224 Å². The summed E-state index contributed by atoms with van der Waals surface area (Å²) in [5, 5.41) is 27.1. The van der Waals surface area contributed by atoms with Gasteiger partial charge in [-0.25, -0.2) is 8.78 Å². The normalized spacial score (nSPS) is 28.2. The van der Waals surface area contributed by atoms with Crippen LogP contribution in [0.25, 0.3) is 11.1 Å². The van der Waals surface area contributed by atoms with E-state index in [9.17, 15) is 33.5 Å². The molecular formula is C29H28F2N4O4. The van der Waals surface area contributed by atoms with Gasteiger partial charge in [-0.1, -0.05) is 48.5 Å². The molecule has 0 spiro atoms. The Morgan fingerprint density at radius 3 is 2.36 bits per heavy atom. The average Bonchev–Trinajstić information content (AvgIpc) is 3.66. The molecule has 2 aromatic carbocycles. The van der Waals surface area contributed by atoms with Gasteiger partial charge in [0.15, 0.2) is 5.60 Å². The Morgan fingerprint density at radius 2 is 1.77 bits per heavy atom. The molecule has 0 bridgehead atoms. The van der Waals surface area contributed by atoms with Crippen LogP contribution < -0.4 is 10.6 Å². The van der Waals surface area contributed by atoms with Gasteiger partial charge in [-0.3, -0.25) is 14.4 Å². The number of aliphatic hydroxyl groups is 1. The summed E-state index contributed by atoms with van der Waals surface area (Å²) in [5.41, 5.74) is -0.165. The van der Waals surface area contributed by atoms with Crippen LogP contribution in [0.15, 0.2) is 48.5 Å². The number of likely N-dealkylation sites (tertiary alicyclic amines) is 1. The van der Waals surface area contributed by atoms with Crippen molar-refractivity contribution in [2.45, 2.75) is 49.3 Å². The van der Waals surface area contributed by atoms with Gasteiger partial charge in [-0.2, -0.15) is 5.26 Å². The third-order valence-electron chi connectivity index (χ3n) is 8.92. The fourth-order valence-electron chi connectivity index (χ4n) is 7.01. The summed E-state index contributed by atoms with van der Waals surface area (Å²) in [4.78, 5) is 41.0. The van der Waals surface area contributed by atoms with Crippen molar-refractivity contribution in [2.75, 3.05) is 13.1 Å². The molecule has 39 heavy (non-hydrogen) atoms. The van der Waals surface area contributed by atoms with E-state index in [0.717, 1.165) is 4.90 Å². The fourth-order valence-corrected chi connectivity index (χ4v) is 7.01. The number of carbonyl (C=O) groups excluding carboxylic acids is 3. The first-order valence-electron chi connectivity index (χ1n) is 13.2. The van der Waals surface area contributed by atoms with E-state index in [1.165, 1.54) is 0 Å². The van der Waals surface area contributed by atoms with Gasteiger partial charge in [0.2, 0.25) is 11.8 Å². The summed E-state index contributed by atoms with van der Waals surface area (Å²) in [5.74, 6) is -7.33. The molecule has 2 heterocycles. The molecule has 6 rings (SSSR count). The second-order valence-corrected chi connectivity index (χ2v) is 11.0. The molecule has 4 aliphatic rings. The van der Waals surface area contributed by atoms with E-state index < -0.39 is 59.6 Å². The number of nitriles is 1. The number of hydrogen-bond acceptors (Lipinski definition) is 5. The van der Waals surface area contributed by atoms with Crippen LogP contribution in [0.3, 0.4) is 0 Å². The highest BCUT2D eigenvalue weighted by Crippen LogP contribution is 2.54. The van der Waals surface area contributed by atoms with E-state index in [2.05, 4.69) is 10.6 Å². The van der Waals surface area contributed by atoms with Crippen molar-refractivity contribution in [3.8, 4) is 17.2 Å². The van der Waals surface area contributed by atoms with Gasteiger partial charge in [0.1, 0.15) is 12.1 Å². The number of alkyl halides is 2. The largest absolute Gasteiger partial charge is 0.372 e. The Hall–Kier alpha value is -3.84. The summed E-state index contributed by atoms with van der Waals surface area (Å²) >= 11 is 0. The van der Waals surface area contributed by atoms with Gasteiger partial charge in [0.05, 0.1) is 6.07 Å². The predicted octanol–water partition coefficient (Wildman–Crippen LogP) is 2.31. The highest BCUT2D eigenvalue weighted by Gasteiger charge is 2.63. The lowest BCUT2D eigenvalue weighted by atomic mass is 9.88. The van der Waals surface area contributed by atoms with Crippen LogP contribution in [0.5, 0.6) is 0 Å². The van der Waals surface area contributed by atoms with Gasteiger partial charge in [0.25, 0.3) is 11.8 Å². The zero-order valence-electron chi connectivity index (χ0n) is 21.1. The van der Waals surface area contributed by atoms with Crippen LogP contribution in [0.4, 0.5) is 8.78 Å². The summed E-state index contributed by atoms with van der Waals surface area (Å²) in [6.45, 7) is 0.102. The zero-order valence-corrected chi connectivity index (χ0v) is 21.1. The maximum atomic E-state index is 14.9. The highest BCUT2D eigenvalue weighted by atomic mass is 19.3. The van der Waals surface area contributed by atoms with Crippen molar-refractivity contribution in [1.29, 1.82) is 5.26 Å². The third-order valence-corrected chi connectivity index (χ3v) is 8.92. The second-order valence-electron chi connectivity index (χ2n) is 11.0. The first-order chi connectivity index (χ1) is 18.7. The van der Waals surface area contributed by atoms with E-state index in [-0.39, 0.29) is 25.3 Å². The molecule has 3 N–H and O–H groups in total. The van der Waals surface area contributed by atoms with Gasteiger partial charge < -0.3 is 20.6 Å².